The Morgan fingerprint density at radius 2 is 1.10 bits per heavy atom. The van der Waals surface area contributed by atoms with E-state index in [0.717, 1.165) is 39.3 Å². The Labute approximate surface area is 182 Å². The average Bonchev–Trinajstić information content (AvgIpc) is 2.85. The van der Waals surface area contributed by atoms with E-state index in [0.29, 0.717) is 5.82 Å². The highest BCUT2D eigenvalue weighted by Crippen LogP contribution is 2.28. The van der Waals surface area contributed by atoms with Crippen molar-refractivity contribution in [3.05, 3.63) is 115 Å². The van der Waals surface area contributed by atoms with Gasteiger partial charge in [0.1, 0.15) is 0 Å². The highest BCUT2D eigenvalue weighted by molar-refractivity contribution is 5.71. The normalized spacial score (nSPS) is 10.7. The van der Waals surface area contributed by atoms with E-state index in [1.807, 2.05) is 54.7 Å². The van der Waals surface area contributed by atoms with Gasteiger partial charge in [-0.3, -0.25) is 4.98 Å². The van der Waals surface area contributed by atoms with Crippen LogP contribution in [0.5, 0.6) is 0 Å². The third-order valence-electron chi connectivity index (χ3n) is 5.24. The highest BCUT2D eigenvalue weighted by Gasteiger charge is 2.11. The standard InChI is InChI=1S/C28H21N3/c1-20-12-14-23(15-13-20)28-30-26(22-10-6-3-7-11-22)18-27(31-28)25-17-16-24(19-29-25)21-8-4-2-5-9-21/h2-19H,1H3. The highest BCUT2D eigenvalue weighted by atomic mass is 14.9. The summed E-state index contributed by atoms with van der Waals surface area (Å²) in [5, 5.41) is 0. The Bertz CT molecular complexity index is 1290. The van der Waals surface area contributed by atoms with Gasteiger partial charge in [-0.1, -0.05) is 96.6 Å². The van der Waals surface area contributed by atoms with Crippen LogP contribution in [0.4, 0.5) is 0 Å². The van der Waals surface area contributed by atoms with Gasteiger partial charge in [0.2, 0.25) is 0 Å². The van der Waals surface area contributed by atoms with Gasteiger partial charge in [-0.15, -0.1) is 0 Å². The summed E-state index contributed by atoms with van der Waals surface area (Å²) in [6.45, 7) is 2.08. The smallest absolute Gasteiger partial charge is 0.160 e. The Morgan fingerprint density at radius 3 is 1.74 bits per heavy atom. The molecule has 0 saturated heterocycles. The number of hydrogen-bond donors (Lipinski definition) is 0. The molecular weight excluding hydrogens is 378 g/mol. The Morgan fingerprint density at radius 1 is 0.484 bits per heavy atom. The molecule has 3 aromatic carbocycles. The molecule has 0 N–H and O–H groups in total. The van der Waals surface area contributed by atoms with Crippen LogP contribution in [0.15, 0.2) is 109 Å². The third-order valence-corrected chi connectivity index (χ3v) is 5.24. The molecule has 2 heterocycles. The molecule has 3 heteroatoms. The van der Waals surface area contributed by atoms with E-state index >= 15 is 0 Å². The average molecular weight is 399 g/mol. The maximum atomic E-state index is 4.86. The number of benzene rings is 3. The van der Waals surface area contributed by atoms with Crippen LogP contribution in [0.2, 0.25) is 0 Å². The van der Waals surface area contributed by atoms with Crippen molar-refractivity contribution in [1.82, 2.24) is 15.0 Å². The largest absolute Gasteiger partial charge is 0.254 e. The summed E-state index contributed by atoms with van der Waals surface area (Å²) in [5.41, 5.74) is 8.01. The van der Waals surface area contributed by atoms with Crippen molar-refractivity contribution in [2.24, 2.45) is 0 Å². The lowest BCUT2D eigenvalue weighted by Gasteiger charge is -2.09. The van der Waals surface area contributed by atoms with E-state index in [1.165, 1.54) is 5.56 Å². The van der Waals surface area contributed by atoms with Crippen molar-refractivity contribution in [2.45, 2.75) is 6.92 Å². The molecule has 0 bridgehead atoms. The van der Waals surface area contributed by atoms with Gasteiger partial charge in [0.05, 0.1) is 17.1 Å². The van der Waals surface area contributed by atoms with E-state index in [2.05, 4.69) is 61.5 Å². The number of hydrogen-bond acceptors (Lipinski definition) is 3. The van der Waals surface area contributed by atoms with Crippen LogP contribution in [0.3, 0.4) is 0 Å². The van der Waals surface area contributed by atoms with Gasteiger partial charge in [0.15, 0.2) is 5.82 Å². The number of rotatable bonds is 4. The van der Waals surface area contributed by atoms with E-state index in [-0.39, 0.29) is 0 Å². The van der Waals surface area contributed by atoms with E-state index in [9.17, 15) is 0 Å². The predicted molar refractivity (Wildman–Crippen MR) is 126 cm³/mol. The van der Waals surface area contributed by atoms with Crippen LogP contribution in [0.25, 0.3) is 45.2 Å². The van der Waals surface area contributed by atoms with Crippen molar-refractivity contribution < 1.29 is 0 Å². The molecule has 0 fully saturated rings. The second-order valence-electron chi connectivity index (χ2n) is 7.49. The topological polar surface area (TPSA) is 38.7 Å². The number of aryl methyl sites for hydroxylation is 1. The minimum atomic E-state index is 0.699. The number of nitrogens with zero attached hydrogens (tertiary/aromatic N) is 3. The summed E-state index contributed by atoms with van der Waals surface area (Å²) in [4.78, 5) is 14.4. The molecule has 2 aromatic heterocycles. The van der Waals surface area contributed by atoms with Crippen LogP contribution < -0.4 is 0 Å². The van der Waals surface area contributed by atoms with Crippen molar-refractivity contribution in [1.29, 1.82) is 0 Å². The number of aromatic nitrogens is 3. The molecule has 0 radical (unpaired) electrons. The quantitative estimate of drug-likeness (QED) is 0.332. The summed E-state index contributed by atoms with van der Waals surface area (Å²) in [6.07, 6.45) is 1.90. The fourth-order valence-electron chi connectivity index (χ4n) is 3.51. The van der Waals surface area contributed by atoms with Gasteiger partial charge in [0, 0.05) is 22.9 Å². The van der Waals surface area contributed by atoms with E-state index in [1.54, 1.807) is 0 Å². The molecule has 0 aliphatic heterocycles. The van der Waals surface area contributed by atoms with Crippen molar-refractivity contribution in [3.63, 3.8) is 0 Å². The second kappa shape index (κ2) is 8.33. The van der Waals surface area contributed by atoms with Gasteiger partial charge in [-0.2, -0.15) is 0 Å². The van der Waals surface area contributed by atoms with Crippen molar-refractivity contribution in [2.75, 3.05) is 0 Å². The maximum absolute atomic E-state index is 4.86. The first-order valence-corrected chi connectivity index (χ1v) is 10.3. The zero-order chi connectivity index (χ0) is 21.0. The molecule has 31 heavy (non-hydrogen) atoms. The molecule has 0 saturated carbocycles. The summed E-state index contributed by atoms with van der Waals surface area (Å²) in [6, 6.07) is 34.9. The van der Waals surface area contributed by atoms with Gasteiger partial charge >= 0.3 is 0 Å². The number of pyridine rings is 1. The Hall–Kier alpha value is -4.11. The van der Waals surface area contributed by atoms with Crippen molar-refractivity contribution in [3.8, 4) is 45.2 Å². The van der Waals surface area contributed by atoms with E-state index < -0.39 is 0 Å². The summed E-state index contributed by atoms with van der Waals surface area (Å²) < 4.78 is 0. The third kappa shape index (κ3) is 4.12. The maximum Gasteiger partial charge on any atom is 0.160 e. The van der Waals surface area contributed by atoms with Crippen molar-refractivity contribution >= 4 is 0 Å². The summed E-state index contributed by atoms with van der Waals surface area (Å²) in [5.74, 6) is 0.699. The SMILES string of the molecule is Cc1ccc(-c2nc(-c3ccccc3)cc(-c3ccc(-c4ccccc4)cn3)n2)cc1. The molecular formula is C28H21N3. The predicted octanol–water partition coefficient (Wildman–Crippen LogP) is 6.85. The molecule has 5 rings (SSSR count). The molecule has 0 spiro atoms. The fraction of sp³-hybridized carbons (Fsp3) is 0.0357. The van der Waals surface area contributed by atoms with Gasteiger partial charge < -0.3 is 0 Å². The second-order valence-corrected chi connectivity index (χ2v) is 7.49. The lowest BCUT2D eigenvalue weighted by Crippen LogP contribution is -1.97. The fourth-order valence-corrected chi connectivity index (χ4v) is 3.51. The summed E-state index contributed by atoms with van der Waals surface area (Å²) in [7, 11) is 0. The van der Waals surface area contributed by atoms with Gasteiger partial charge in [-0.25, -0.2) is 9.97 Å². The molecule has 148 valence electrons. The Kier molecular flexibility index (Phi) is 5.07. The molecule has 0 unspecified atom stereocenters. The zero-order valence-electron chi connectivity index (χ0n) is 17.2. The van der Waals surface area contributed by atoms with Crippen LogP contribution >= 0.6 is 0 Å². The van der Waals surface area contributed by atoms with Crippen LogP contribution in [0, 0.1) is 6.92 Å². The minimum Gasteiger partial charge on any atom is -0.254 e. The molecule has 5 aromatic rings. The van der Waals surface area contributed by atoms with Crippen LogP contribution in [-0.2, 0) is 0 Å². The van der Waals surface area contributed by atoms with Gasteiger partial charge in [-0.05, 0) is 24.6 Å². The minimum absolute atomic E-state index is 0.699. The lowest BCUT2D eigenvalue weighted by atomic mass is 10.1. The summed E-state index contributed by atoms with van der Waals surface area (Å²) >= 11 is 0. The molecule has 0 aliphatic rings. The lowest BCUT2D eigenvalue weighted by molar-refractivity contribution is 1.16. The first-order chi connectivity index (χ1) is 15.3. The monoisotopic (exact) mass is 399 g/mol. The van der Waals surface area contributed by atoms with Gasteiger partial charge in [0.25, 0.3) is 0 Å². The molecule has 0 amide bonds. The molecule has 0 atom stereocenters. The van der Waals surface area contributed by atoms with E-state index in [4.69, 9.17) is 15.0 Å². The first kappa shape index (κ1) is 18.9. The molecule has 0 aliphatic carbocycles. The van der Waals surface area contributed by atoms with Crippen LogP contribution in [-0.4, -0.2) is 15.0 Å². The molecule has 3 nitrogen and oxygen atoms in total. The van der Waals surface area contributed by atoms with Crippen LogP contribution in [0.1, 0.15) is 5.56 Å². The first-order valence-electron chi connectivity index (χ1n) is 10.3. The Balaban J connectivity index is 1.60. The zero-order valence-corrected chi connectivity index (χ0v) is 17.2.